The molecule has 0 N–H and O–H groups in total. The first kappa shape index (κ1) is 20.9. The molecular formula is C24H29N5O2. The molecule has 3 aromatic rings. The van der Waals surface area contributed by atoms with Crippen molar-refractivity contribution in [3.63, 3.8) is 0 Å². The van der Waals surface area contributed by atoms with Crippen molar-refractivity contribution in [1.29, 1.82) is 0 Å². The van der Waals surface area contributed by atoms with Crippen LogP contribution in [0.1, 0.15) is 40.3 Å². The third-order valence-corrected chi connectivity index (χ3v) is 6.08. The van der Waals surface area contributed by atoms with Crippen LogP contribution in [-0.4, -0.2) is 58.6 Å². The summed E-state index contributed by atoms with van der Waals surface area (Å²) in [6.07, 6.45) is 3.33. The smallest absolute Gasteiger partial charge is 0.255 e. The molecular weight excluding hydrogens is 390 g/mol. The van der Waals surface area contributed by atoms with Gasteiger partial charge in [0.2, 0.25) is 5.88 Å². The number of amides is 1. The summed E-state index contributed by atoms with van der Waals surface area (Å²) in [6, 6.07) is 12.6. The van der Waals surface area contributed by atoms with Gasteiger partial charge in [0, 0.05) is 37.6 Å². The van der Waals surface area contributed by atoms with Crippen molar-refractivity contribution in [2.75, 3.05) is 38.2 Å². The van der Waals surface area contributed by atoms with Crippen LogP contribution < -0.4 is 9.64 Å². The molecule has 0 saturated carbocycles. The molecule has 1 aliphatic rings. The van der Waals surface area contributed by atoms with Gasteiger partial charge >= 0.3 is 0 Å². The van der Waals surface area contributed by atoms with E-state index in [-0.39, 0.29) is 11.9 Å². The number of piperazine rings is 1. The van der Waals surface area contributed by atoms with E-state index in [9.17, 15) is 4.79 Å². The van der Waals surface area contributed by atoms with Crippen molar-refractivity contribution in [1.82, 2.24) is 19.4 Å². The lowest BCUT2D eigenvalue weighted by atomic mass is 10.1. The Balaban J connectivity index is 1.48. The highest BCUT2D eigenvalue weighted by atomic mass is 16.5. The third kappa shape index (κ3) is 4.13. The number of ether oxygens (including phenoxy) is 1. The average Bonchev–Trinajstić information content (AvgIpc) is 3.12. The molecule has 2 aromatic heterocycles. The quantitative estimate of drug-likeness (QED) is 0.634. The highest BCUT2D eigenvalue weighted by Gasteiger charge is 2.27. The summed E-state index contributed by atoms with van der Waals surface area (Å²) < 4.78 is 7.43. The van der Waals surface area contributed by atoms with Crippen LogP contribution in [0, 0.1) is 13.8 Å². The van der Waals surface area contributed by atoms with Crippen molar-refractivity contribution in [3.05, 3.63) is 71.3 Å². The maximum atomic E-state index is 13.3. The molecule has 1 unspecified atom stereocenters. The minimum Gasteiger partial charge on any atom is -0.480 e. The van der Waals surface area contributed by atoms with Gasteiger partial charge < -0.3 is 19.1 Å². The van der Waals surface area contributed by atoms with Gasteiger partial charge in [-0.1, -0.05) is 30.3 Å². The van der Waals surface area contributed by atoms with E-state index >= 15 is 0 Å². The number of nitrogens with zero attached hydrogens (tertiary/aromatic N) is 5. The Labute approximate surface area is 183 Å². The lowest BCUT2D eigenvalue weighted by Crippen LogP contribution is -2.49. The molecule has 162 valence electrons. The van der Waals surface area contributed by atoms with Crippen molar-refractivity contribution in [2.45, 2.75) is 26.8 Å². The van der Waals surface area contributed by atoms with Crippen molar-refractivity contribution in [2.24, 2.45) is 0 Å². The van der Waals surface area contributed by atoms with Crippen molar-refractivity contribution >= 4 is 11.7 Å². The van der Waals surface area contributed by atoms with Crippen LogP contribution in [-0.2, 0) is 0 Å². The highest BCUT2D eigenvalue weighted by Crippen LogP contribution is 2.27. The number of rotatable bonds is 5. The Kier molecular flexibility index (Phi) is 5.93. The van der Waals surface area contributed by atoms with E-state index < -0.39 is 0 Å². The van der Waals surface area contributed by atoms with Gasteiger partial charge in [-0.25, -0.2) is 0 Å². The Bertz CT molecular complexity index is 1060. The van der Waals surface area contributed by atoms with E-state index in [1.165, 1.54) is 5.56 Å². The predicted octanol–water partition coefficient (Wildman–Crippen LogP) is 3.48. The van der Waals surface area contributed by atoms with Crippen LogP contribution in [0.15, 0.2) is 48.8 Å². The summed E-state index contributed by atoms with van der Waals surface area (Å²) >= 11 is 0. The van der Waals surface area contributed by atoms with Gasteiger partial charge in [-0.2, -0.15) is 4.98 Å². The fourth-order valence-corrected chi connectivity index (χ4v) is 4.37. The molecule has 1 fully saturated rings. The van der Waals surface area contributed by atoms with E-state index in [0.29, 0.717) is 32.1 Å². The minimum atomic E-state index is 0.0935. The number of aryl methyl sites for hydroxylation is 1. The second-order valence-corrected chi connectivity index (χ2v) is 7.94. The number of methoxy groups -OCH3 is 1. The SMILES string of the molecule is COc1cncc(N2CCN(C(=O)c3cc(C)n(C(C)c4ccccc4)c3C)CC2)n1. The number of hydrogen-bond acceptors (Lipinski definition) is 5. The Morgan fingerprint density at radius 2 is 1.77 bits per heavy atom. The van der Waals surface area contributed by atoms with Gasteiger partial charge in [0.05, 0.1) is 31.1 Å². The molecule has 1 aromatic carbocycles. The van der Waals surface area contributed by atoms with E-state index in [0.717, 1.165) is 22.8 Å². The van der Waals surface area contributed by atoms with Crippen LogP contribution >= 0.6 is 0 Å². The normalized spacial score (nSPS) is 15.1. The fraction of sp³-hybridized carbons (Fsp3) is 0.375. The van der Waals surface area contributed by atoms with Crippen molar-refractivity contribution < 1.29 is 9.53 Å². The van der Waals surface area contributed by atoms with Crippen LogP contribution in [0.4, 0.5) is 5.82 Å². The van der Waals surface area contributed by atoms with Crippen LogP contribution in [0.3, 0.4) is 0 Å². The minimum absolute atomic E-state index is 0.0935. The van der Waals surface area contributed by atoms with E-state index in [1.807, 2.05) is 24.0 Å². The second kappa shape index (κ2) is 8.79. The zero-order valence-corrected chi connectivity index (χ0v) is 18.6. The maximum absolute atomic E-state index is 13.3. The first-order chi connectivity index (χ1) is 15.0. The van der Waals surface area contributed by atoms with Gasteiger partial charge in [0.25, 0.3) is 5.91 Å². The zero-order valence-electron chi connectivity index (χ0n) is 18.6. The first-order valence-corrected chi connectivity index (χ1v) is 10.6. The Hall–Kier alpha value is -3.35. The maximum Gasteiger partial charge on any atom is 0.255 e. The largest absolute Gasteiger partial charge is 0.480 e. The molecule has 1 aliphatic heterocycles. The van der Waals surface area contributed by atoms with E-state index in [4.69, 9.17) is 4.74 Å². The molecule has 0 spiro atoms. The summed E-state index contributed by atoms with van der Waals surface area (Å²) in [7, 11) is 1.58. The molecule has 31 heavy (non-hydrogen) atoms. The third-order valence-electron chi connectivity index (χ3n) is 6.08. The molecule has 1 saturated heterocycles. The summed E-state index contributed by atoms with van der Waals surface area (Å²) in [5.41, 5.74) is 4.13. The molecule has 7 nitrogen and oxygen atoms in total. The summed E-state index contributed by atoms with van der Waals surface area (Å²) in [5.74, 6) is 1.37. The molecule has 0 bridgehead atoms. The van der Waals surface area contributed by atoms with Gasteiger partial charge in [-0.15, -0.1) is 0 Å². The first-order valence-electron chi connectivity index (χ1n) is 10.6. The Morgan fingerprint density at radius 1 is 1.06 bits per heavy atom. The second-order valence-electron chi connectivity index (χ2n) is 7.94. The standard InChI is InChI=1S/C24H29N5O2/c1-17-14-21(19(3)29(17)18(2)20-8-6-5-7-9-20)24(30)28-12-10-27(11-13-28)22-15-25-16-23(26-22)31-4/h5-9,14-16,18H,10-13H2,1-4H3. The van der Waals surface area contributed by atoms with Gasteiger partial charge in [-0.3, -0.25) is 9.78 Å². The van der Waals surface area contributed by atoms with Gasteiger partial charge in [-0.05, 0) is 32.4 Å². The van der Waals surface area contributed by atoms with Crippen LogP contribution in [0.5, 0.6) is 5.88 Å². The number of carbonyl (C=O) groups is 1. The van der Waals surface area contributed by atoms with Crippen LogP contribution in [0.25, 0.3) is 0 Å². The molecule has 0 aliphatic carbocycles. The lowest BCUT2D eigenvalue weighted by molar-refractivity contribution is 0.0745. The molecule has 7 heteroatoms. The van der Waals surface area contributed by atoms with E-state index in [1.54, 1.807) is 19.5 Å². The zero-order chi connectivity index (χ0) is 22.0. The molecule has 1 atom stereocenters. The molecule has 4 rings (SSSR count). The number of hydrogen-bond donors (Lipinski definition) is 0. The van der Waals surface area contributed by atoms with Gasteiger partial charge in [0.15, 0.2) is 5.82 Å². The highest BCUT2D eigenvalue weighted by molar-refractivity contribution is 5.96. The lowest BCUT2D eigenvalue weighted by Gasteiger charge is -2.35. The fourth-order valence-electron chi connectivity index (χ4n) is 4.37. The summed E-state index contributed by atoms with van der Waals surface area (Å²) in [5, 5.41) is 0. The monoisotopic (exact) mass is 419 g/mol. The average molecular weight is 420 g/mol. The molecule has 1 amide bonds. The Morgan fingerprint density at radius 3 is 2.45 bits per heavy atom. The number of aromatic nitrogens is 3. The number of benzene rings is 1. The predicted molar refractivity (Wildman–Crippen MR) is 121 cm³/mol. The number of anilines is 1. The van der Waals surface area contributed by atoms with Gasteiger partial charge in [0.1, 0.15) is 0 Å². The molecule has 3 heterocycles. The van der Waals surface area contributed by atoms with Crippen LogP contribution in [0.2, 0.25) is 0 Å². The topological polar surface area (TPSA) is 63.5 Å². The summed E-state index contributed by atoms with van der Waals surface area (Å²) in [4.78, 5) is 26.0. The van der Waals surface area contributed by atoms with Crippen molar-refractivity contribution in [3.8, 4) is 5.88 Å². The molecule has 0 radical (unpaired) electrons. The number of carbonyl (C=O) groups excluding carboxylic acids is 1. The van der Waals surface area contributed by atoms with E-state index in [2.05, 4.69) is 57.5 Å². The summed E-state index contributed by atoms with van der Waals surface area (Å²) in [6.45, 7) is 9.02.